The predicted octanol–water partition coefficient (Wildman–Crippen LogP) is 14.3. The molecule has 2 aromatic heterocycles. The van der Waals surface area contributed by atoms with Crippen LogP contribution in [0.25, 0.3) is 56.2 Å². The minimum Gasteiger partial charge on any atom is -0.292 e. The van der Waals surface area contributed by atoms with Crippen LogP contribution in [0.5, 0.6) is 0 Å². The van der Waals surface area contributed by atoms with Gasteiger partial charge in [0.25, 0.3) is 0 Å². The second-order valence-electron chi connectivity index (χ2n) is 15.9. The monoisotopic (exact) mass is 738 g/mol. The van der Waals surface area contributed by atoms with Crippen molar-refractivity contribution in [2.24, 2.45) is 0 Å². The summed E-state index contributed by atoms with van der Waals surface area (Å²) in [4.78, 5) is 12.9. The van der Waals surface area contributed by atoms with Gasteiger partial charge in [-0.15, -0.1) is 0 Å². The first-order valence-electron chi connectivity index (χ1n) is 19.7. The molecule has 0 aliphatic carbocycles. The zero-order valence-electron chi connectivity index (χ0n) is 33.2. The maximum atomic E-state index is 5.30. The van der Waals surface area contributed by atoms with Crippen molar-refractivity contribution in [2.75, 3.05) is 0 Å². The largest absolute Gasteiger partial charge is 0.292 e. The van der Waals surface area contributed by atoms with Crippen molar-refractivity contribution in [2.45, 2.75) is 88.9 Å². The van der Waals surface area contributed by atoms with Gasteiger partial charge in [-0.25, -0.2) is 9.97 Å². The standard InChI is InChI=1S/C50H50N4S/c1-31(2)39-21-15-22-40(32(3)4)47(39)53-45-27-11-9-25-43(45)51-49(53)35-17-13-19-37(29-35)55-38-20-14-18-36(30-38)50-52-44-26-10-12-28-46(44)54(50)48-41(33(5)6)23-16-24-42(48)34(7)8/h9-34H,1-8H3. The SMILES string of the molecule is CC(C)c1cccc(C(C)C)c1-n1c(-c2cccc(Sc3cccc(-c4nc5ccccc5n4-c4c(C(C)C)cccc4C(C)C)c3)c2)nc2ccccc21. The highest BCUT2D eigenvalue weighted by atomic mass is 32.2. The molecule has 0 atom stereocenters. The maximum Gasteiger partial charge on any atom is 0.145 e. The summed E-state index contributed by atoms with van der Waals surface area (Å²) in [5, 5.41) is 0. The van der Waals surface area contributed by atoms with Gasteiger partial charge in [-0.05, 0) is 94.5 Å². The maximum absolute atomic E-state index is 5.30. The van der Waals surface area contributed by atoms with Crippen LogP contribution in [0.3, 0.4) is 0 Å². The van der Waals surface area contributed by atoms with Gasteiger partial charge in [0.05, 0.1) is 33.4 Å². The Hall–Kier alpha value is -5.39. The molecule has 8 aromatic rings. The van der Waals surface area contributed by atoms with Gasteiger partial charge in [0.15, 0.2) is 0 Å². The number of hydrogen-bond donors (Lipinski definition) is 0. The van der Waals surface area contributed by atoms with Gasteiger partial charge in [0.1, 0.15) is 11.6 Å². The summed E-state index contributed by atoms with van der Waals surface area (Å²) < 4.78 is 4.82. The summed E-state index contributed by atoms with van der Waals surface area (Å²) >= 11 is 1.78. The minimum absolute atomic E-state index is 0.362. The normalized spacial score (nSPS) is 12.0. The lowest BCUT2D eigenvalue weighted by atomic mass is 9.92. The first-order chi connectivity index (χ1) is 26.6. The number of rotatable bonds is 10. The molecule has 0 aliphatic heterocycles. The van der Waals surface area contributed by atoms with Gasteiger partial charge in [-0.1, -0.05) is 152 Å². The topological polar surface area (TPSA) is 35.6 Å². The quantitative estimate of drug-likeness (QED) is 0.140. The van der Waals surface area contributed by atoms with E-state index in [1.165, 1.54) is 33.6 Å². The first-order valence-corrected chi connectivity index (χ1v) is 20.5. The molecule has 2 heterocycles. The number of para-hydroxylation sites is 6. The fourth-order valence-electron chi connectivity index (χ4n) is 7.97. The van der Waals surface area contributed by atoms with E-state index in [1.54, 1.807) is 11.8 Å². The molecule has 6 aromatic carbocycles. The molecule has 0 spiro atoms. The summed E-state index contributed by atoms with van der Waals surface area (Å²) in [5.41, 5.74) is 14.3. The molecule has 0 radical (unpaired) electrons. The van der Waals surface area contributed by atoms with E-state index in [0.717, 1.165) is 54.6 Å². The fourth-order valence-corrected chi connectivity index (χ4v) is 8.90. The number of hydrogen-bond acceptors (Lipinski definition) is 3. The molecule has 0 saturated heterocycles. The number of aromatic nitrogens is 4. The number of fused-ring (bicyclic) bond motifs is 2. The zero-order valence-corrected chi connectivity index (χ0v) is 34.0. The Morgan fingerprint density at radius 2 is 0.745 bits per heavy atom. The molecular formula is C50H50N4S. The molecule has 0 N–H and O–H groups in total. The van der Waals surface area contributed by atoms with Crippen LogP contribution in [-0.2, 0) is 0 Å². The minimum atomic E-state index is 0.362. The molecular weight excluding hydrogens is 689 g/mol. The van der Waals surface area contributed by atoms with Crippen molar-refractivity contribution in [1.82, 2.24) is 19.1 Å². The third-order valence-electron chi connectivity index (χ3n) is 10.7. The molecule has 0 fully saturated rings. The van der Waals surface area contributed by atoms with E-state index in [9.17, 15) is 0 Å². The van der Waals surface area contributed by atoms with E-state index in [0.29, 0.717) is 23.7 Å². The van der Waals surface area contributed by atoms with Crippen molar-refractivity contribution < 1.29 is 0 Å². The highest BCUT2D eigenvalue weighted by molar-refractivity contribution is 7.99. The lowest BCUT2D eigenvalue weighted by molar-refractivity contribution is 0.810. The Morgan fingerprint density at radius 1 is 0.400 bits per heavy atom. The Labute approximate surface area is 330 Å². The average molecular weight is 739 g/mol. The molecule has 0 bridgehead atoms. The lowest BCUT2D eigenvalue weighted by Crippen LogP contribution is -2.08. The Balaban J connectivity index is 1.23. The fraction of sp³-hybridized carbons (Fsp3) is 0.240. The molecule has 8 rings (SSSR count). The summed E-state index contributed by atoms with van der Waals surface area (Å²) in [6.45, 7) is 18.3. The van der Waals surface area contributed by atoms with E-state index >= 15 is 0 Å². The van der Waals surface area contributed by atoms with E-state index < -0.39 is 0 Å². The van der Waals surface area contributed by atoms with Crippen LogP contribution in [0.4, 0.5) is 0 Å². The average Bonchev–Trinajstić information content (AvgIpc) is 3.76. The summed E-state index contributed by atoms with van der Waals surface area (Å²) in [6.07, 6.45) is 0. The van der Waals surface area contributed by atoms with Gasteiger partial charge in [0.2, 0.25) is 0 Å². The highest BCUT2D eigenvalue weighted by Gasteiger charge is 2.24. The van der Waals surface area contributed by atoms with Crippen molar-refractivity contribution >= 4 is 33.8 Å². The van der Waals surface area contributed by atoms with Crippen LogP contribution in [-0.4, -0.2) is 19.1 Å². The van der Waals surface area contributed by atoms with Crippen molar-refractivity contribution in [3.8, 4) is 34.2 Å². The molecule has 0 unspecified atom stereocenters. The van der Waals surface area contributed by atoms with Crippen LogP contribution >= 0.6 is 11.8 Å². The molecule has 276 valence electrons. The van der Waals surface area contributed by atoms with Gasteiger partial charge in [-0.3, -0.25) is 9.13 Å². The van der Waals surface area contributed by atoms with Gasteiger partial charge >= 0.3 is 0 Å². The Bertz CT molecular complexity index is 2420. The van der Waals surface area contributed by atoms with Gasteiger partial charge in [0, 0.05) is 20.9 Å². The number of benzene rings is 6. The van der Waals surface area contributed by atoms with Gasteiger partial charge in [-0.2, -0.15) is 0 Å². The smallest absolute Gasteiger partial charge is 0.145 e. The predicted molar refractivity (Wildman–Crippen MR) is 233 cm³/mol. The summed E-state index contributed by atoms with van der Waals surface area (Å²) in [5.74, 6) is 3.38. The van der Waals surface area contributed by atoms with Crippen LogP contribution in [0.2, 0.25) is 0 Å². The van der Waals surface area contributed by atoms with E-state index in [-0.39, 0.29) is 0 Å². The third-order valence-corrected chi connectivity index (χ3v) is 11.7. The highest BCUT2D eigenvalue weighted by Crippen LogP contribution is 2.41. The lowest BCUT2D eigenvalue weighted by Gasteiger charge is -2.22. The van der Waals surface area contributed by atoms with Crippen molar-refractivity contribution in [3.63, 3.8) is 0 Å². The second-order valence-corrected chi connectivity index (χ2v) is 17.0. The van der Waals surface area contributed by atoms with Crippen LogP contribution in [0.15, 0.2) is 143 Å². The third kappa shape index (κ3) is 6.80. The Morgan fingerprint density at radius 3 is 1.11 bits per heavy atom. The molecule has 4 nitrogen and oxygen atoms in total. The zero-order chi connectivity index (χ0) is 38.4. The van der Waals surface area contributed by atoms with Crippen LogP contribution < -0.4 is 0 Å². The van der Waals surface area contributed by atoms with E-state index in [1.807, 2.05) is 0 Å². The van der Waals surface area contributed by atoms with E-state index in [4.69, 9.17) is 9.97 Å². The second kappa shape index (κ2) is 15.0. The molecule has 55 heavy (non-hydrogen) atoms. The Kier molecular flexibility index (Phi) is 10.00. The van der Waals surface area contributed by atoms with Crippen LogP contribution in [0.1, 0.15) is 101 Å². The number of imidazole rings is 2. The summed E-state index contributed by atoms with van der Waals surface area (Å²) in [7, 11) is 0. The molecule has 5 heteroatoms. The van der Waals surface area contributed by atoms with Gasteiger partial charge < -0.3 is 0 Å². The van der Waals surface area contributed by atoms with Crippen molar-refractivity contribution in [1.29, 1.82) is 0 Å². The van der Waals surface area contributed by atoms with Crippen molar-refractivity contribution in [3.05, 3.63) is 156 Å². The molecule has 0 saturated carbocycles. The number of nitrogens with zero attached hydrogens (tertiary/aromatic N) is 4. The molecule has 0 amide bonds. The van der Waals surface area contributed by atoms with E-state index in [2.05, 4.69) is 198 Å². The molecule has 0 aliphatic rings. The van der Waals surface area contributed by atoms with Crippen LogP contribution in [0, 0.1) is 0 Å². The summed E-state index contributed by atoms with van der Waals surface area (Å²) in [6, 6.07) is 48.3. The first kappa shape index (κ1) is 36.6.